The summed E-state index contributed by atoms with van der Waals surface area (Å²) in [5.41, 5.74) is 5.54. The molecule has 0 aliphatic carbocycles. The minimum Gasteiger partial charge on any atom is -0.385 e. The van der Waals surface area contributed by atoms with Crippen molar-refractivity contribution in [1.82, 2.24) is 0 Å². The standard InChI is InChI=1S/C13H20ClNO/c1-3-6-10(9-15)13(2,16)11-7-4-5-8-12(11)14/h4-5,7-8,10,16H,3,6,9,15H2,1-2H3. The Morgan fingerprint density at radius 3 is 2.56 bits per heavy atom. The third-order valence-electron chi connectivity index (χ3n) is 3.14. The second kappa shape index (κ2) is 5.67. The molecule has 0 saturated heterocycles. The Bertz CT molecular complexity index is 338. The number of rotatable bonds is 5. The van der Waals surface area contributed by atoms with Crippen LogP contribution in [0, 0.1) is 5.92 Å². The summed E-state index contributed by atoms with van der Waals surface area (Å²) in [6.07, 6.45) is 1.90. The first kappa shape index (κ1) is 13.5. The molecule has 0 fully saturated rings. The maximum atomic E-state index is 10.6. The zero-order valence-corrected chi connectivity index (χ0v) is 10.7. The molecule has 2 unspecified atom stereocenters. The van der Waals surface area contributed by atoms with Crippen molar-refractivity contribution < 1.29 is 5.11 Å². The van der Waals surface area contributed by atoms with E-state index in [0.29, 0.717) is 11.6 Å². The Morgan fingerprint density at radius 1 is 1.44 bits per heavy atom. The van der Waals surface area contributed by atoms with E-state index in [0.717, 1.165) is 18.4 Å². The van der Waals surface area contributed by atoms with E-state index in [4.69, 9.17) is 17.3 Å². The fourth-order valence-electron chi connectivity index (χ4n) is 2.07. The quantitative estimate of drug-likeness (QED) is 0.833. The molecule has 2 atom stereocenters. The largest absolute Gasteiger partial charge is 0.385 e. The van der Waals surface area contributed by atoms with Crippen molar-refractivity contribution in [3.05, 3.63) is 34.9 Å². The molecule has 0 aliphatic heterocycles. The van der Waals surface area contributed by atoms with E-state index < -0.39 is 5.60 Å². The third-order valence-corrected chi connectivity index (χ3v) is 3.47. The van der Waals surface area contributed by atoms with Crippen molar-refractivity contribution in [2.24, 2.45) is 11.7 Å². The van der Waals surface area contributed by atoms with Gasteiger partial charge in [-0.25, -0.2) is 0 Å². The maximum absolute atomic E-state index is 10.6. The molecule has 1 rings (SSSR count). The van der Waals surface area contributed by atoms with Gasteiger partial charge in [-0.2, -0.15) is 0 Å². The summed E-state index contributed by atoms with van der Waals surface area (Å²) in [7, 11) is 0. The predicted octanol–water partition coefficient (Wildman–Crippen LogP) is 2.92. The number of nitrogens with two attached hydrogens (primary N) is 1. The van der Waals surface area contributed by atoms with Crippen LogP contribution in [-0.2, 0) is 5.60 Å². The molecule has 3 N–H and O–H groups in total. The van der Waals surface area contributed by atoms with Gasteiger partial charge < -0.3 is 10.8 Å². The highest BCUT2D eigenvalue weighted by molar-refractivity contribution is 6.31. The molecule has 1 aromatic rings. The van der Waals surface area contributed by atoms with Crippen LogP contribution in [-0.4, -0.2) is 11.7 Å². The van der Waals surface area contributed by atoms with Gasteiger partial charge in [0.25, 0.3) is 0 Å². The molecule has 0 amide bonds. The molecule has 0 bridgehead atoms. The molecule has 0 aromatic heterocycles. The minimum absolute atomic E-state index is 0.0393. The molecule has 3 heteroatoms. The molecule has 90 valence electrons. The molecule has 0 saturated carbocycles. The Labute approximate surface area is 102 Å². The highest BCUT2D eigenvalue weighted by Crippen LogP contribution is 2.35. The van der Waals surface area contributed by atoms with Crippen molar-refractivity contribution in [1.29, 1.82) is 0 Å². The average Bonchev–Trinajstić information content (AvgIpc) is 2.26. The summed E-state index contributed by atoms with van der Waals surface area (Å²) in [6.45, 7) is 4.35. The molecule has 2 nitrogen and oxygen atoms in total. The topological polar surface area (TPSA) is 46.2 Å². The van der Waals surface area contributed by atoms with Crippen LogP contribution in [0.15, 0.2) is 24.3 Å². The lowest BCUT2D eigenvalue weighted by Crippen LogP contribution is -2.37. The Hall–Kier alpha value is -0.570. The monoisotopic (exact) mass is 241 g/mol. The second-order valence-electron chi connectivity index (χ2n) is 4.35. The lowest BCUT2D eigenvalue weighted by Gasteiger charge is -2.33. The molecule has 0 heterocycles. The summed E-state index contributed by atoms with van der Waals surface area (Å²) in [4.78, 5) is 0. The summed E-state index contributed by atoms with van der Waals surface area (Å²) in [5.74, 6) is 0.0393. The zero-order chi connectivity index (χ0) is 12.2. The van der Waals surface area contributed by atoms with Crippen molar-refractivity contribution >= 4 is 11.6 Å². The fourth-order valence-corrected chi connectivity index (χ4v) is 2.40. The molecular formula is C13H20ClNO. The van der Waals surface area contributed by atoms with E-state index in [9.17, 15) is 5.11 Å². The first-order valence-electron chi connectivity index (χ1n) is 5.71. The Kier molecular flexibility index (Phi) is 4.78. The van der Waals surface area contributed by atoms with E-state index >= 15 is 0 Å². The summed E-state index contributed by atoms with van der Waals surface area (Å²) >= 11 is 6.11. The molecule has 0 spiro atoms. The van der Waals surface area contributed by atoms with Gasteiger partial charge in [0.2, 0.25) is 0 Å². The number of aliphatic hydroxyl groups is 1. The van der Waals surface area contributed by atoms with E-state index in [1.165, 1.54) is 0 Å². The van der Waals surface area contributed by atoms with Gasteiger partial charge in [0.05, 0.1) is 5.60 Å². The smallest absolute Gasteiger partial charge is 0.0922 e. The van der Waals surface area contributed by atoms with Crippen LogP contribution >= 0.6 is 11.6 Å². The van der Waals surface area contributed by atoms with E-state index in [1.54, 1.807) is 13.0 Å². The van der Waals surface area contributed by atoms with Gasteiger partial charge in [-0.05, 0) is 26.0 Å². The van der Waals surface area contributed by atoms with Crippen LogP contribution < -0.4 is 5.73 Å². The van der Waals surface area contributed by atoms with Gasteiger partial charge in [-0.3, -0.25) is 0 Å². The van der Waals surface area contributed by atoms with Crippen LogP contribution in [0.4, 0.5) is 0 Å². The normalized spacial score (nSPS) is 16.8. The van der Waals surface area contributed by atoms with Crippen molar-refractivity contribution in [3.8, 4) is 0 Å². The summed E-state index contributed by atoms with van der Waals surface area (Å²) in [6, 6.07) is 7.40. The van der Waals surface area contributed by atoms with Gasteiger partial charge in [0.1, 0.15) is 0 Å². The maximum Gasteiger partial charge on any atom is 0.0922 e. The van der Waals surface area contributed by atoms with Gasteiger partial charge in [-0.1, -0.05) is 43.1 Å². The molecular weight excluding hydrogens is 222 g/mol. The van der Waals surface area contributed by atoms with Crippen LogP contribution in [0.25, 0.3) is 0 Å². The lowest BCUT2D eigenvalue weighted by atomic mass is 9.80. The molecule has 0 radical (unpaired) electrons. The molecule has 16 heavy (non-hydrogen) atoms. The average molecular weight is 242 g/mol. The number of halogens is 1. The van der Waals surface area contributed by atoms with Crippen LogP contribution in [0.3, 0.4) is 0 Å². The SMILES string of the molecule is CCCC(CN)C(C)(O)c1ccccc1Cl. The van der Waals surface area contributed by atoms with E-state index in [1.807, 2.05) is 18.2 Å². The van der Waals surface area contributed by atoms with Crippen molar-refractivity contribution in [3.63, 3.8) is 0 Å². The van der Waals surface area contributed by atoms with Crippen LogP contribution in [0.2, 0.25) is 5.02 Å². The second-order valence-corrected chi connectivity index (χ2v) is 4.76. The number of hydrogen-bond donors (Lipinski definition) is 2. The highest BCUT2D eigenvalue weighted by Gasteiger charge is 2.33. The number of hydrogen-bond acceptors (Lipinski definition) is 2. The van der Waals surface area contributed by atoms with Gasteiger partial charge in [0.15, 0.2) is 0 Å². The van der Waals surface area contributed by atoms with Crippen LogP contribution in [0.1, 0.15) is 32.3 Å². The fraction of sp³-hybridized carbons (Fsp3) is 0.538. The van der Waals surface area contributed by atoms with E-state index in [-0.39, 0.29) is 5.92 Å². The zero-order valence-electron chi connectivity index (χ0n) is 9.91. The first-order chi connectivity index (χ1) is 7.54. The first-order valence-corrected chi connectivity index (χ1v) is 6.09. The van der Waals surface area contributed by atoms with Gasteiger partial charge >= 0.3 is 0 Å². The minimum atomic E-state index is -0.955. The predicted molar refractivity (Wildman–Crippen MR) is 68.5 cm³/mol. The highest BCUT2D eigenvalue weighted by atomic mass is 35.5. The summed E-state index contributed by atoms with van der Waals surface area (Å²) < 4.78 is 0. The summed E-state index contributed by atoms with van der Waals surface area (Å²) in [5, 5.41) is 11.2. The molecule has 1 aromatic carbocycles. The molecule has 0 aliphatic rings. The number of benzene rings is 1. The Balaban J connectivity index is 3.04. The van der Waals surface area contributed by atoms with E-state index in [2.05, 4.69) is 6.92 Å². The third kappa shape index (κ3) is 2.76. The van der Waals surface area contributed by atoms with Crippen molar-refractivity contribution in [2.75, 3.05) is 6.54 Å². The lowest BCUT2D eigenvalue weighted by molar-refractivity contribution is -0.00617. The van der Waals surface area contributed by atoms with Crippen LogP contribution in [0.5, 0.6) is 0 Å². The van der Waals surface area contributed by atoms with Gasteiger partial charge in [-0.15, -0.1) is 0 Å². The van der Waals surface area contributed by atoms with Gasteiger partial charge in [0, 0.05) is 16.5 Å². The Morgan fingerprint density at radius 2 is 2.06 bits per heavy atom. The van der Waals surface area contributed by atoms with Crippen molar-refractivity contribution in [2.45, 2.75) is 32.3 Å².